The molecule has 1 aromatic rings. The molecule has 0 spiro atoms. The molecule has 0 aromatic carbocycles. The Labute approximate surface area is 95.4 Å². The predicted molar refractivity (Wildman–Crippen MR) is 63.4 cm³/mol. The standard InChI is InChI=1S/C11H18N4O/c1-7-4-3-5-8(7)15-11-9(16-2)10(12)13-6-14-11/h6-8H,3-5H2,1-2H3,(H3,12,13,14,15). The van der Waals surface area contributed by atoms with Gasteiger partial charge in [0.1, 0.15) is 6.33 Å². The van der Waals surface area contributed by atoms with Crippen molar-refractivity contribution in [2.45, 2.75) is 32.2 Å². The van der Waals surface area contributed by atoms with Gasteiger partial charge in [0.15, 0.2) is 11.6 Å². The highest BCUT2D eigenvalue weighted by Gasteiger charge is 2.24. The molecule has 5 heteroatoms. The smallest absolute Gasteiger partial charge is 0.203 e. The van der Waals surface area contributed by atoms with E-state index in [-0.39, 0.29) is 0 Å². The number of ether oxygens (including phenoxy) is 1. The van der Waals surface area contributed by atoms with Gasteiger partial charge < -0.3 is 15.8 Å². The molecule has 1 saturated carbocycles. The minimum atomic E-state index is 0.380. The van der Waals surface area contributed by atoms with E-state index in [0.717, 1.165) is 0 Å². The maximum atomic E-state index is 5.72. The lowest BCUT2D eigenvalue weighted by Crippen LogP contribution is -2.23. The Kier molecular flexibility index (Phi) is 3.12. The first-order valence-corrected chi connectivity index (χ1v) is 5.63. The van der Waals surface area contributed by atoms with Gasteiger partial charge in [-0.05, 0) is 18.8 Å². The lowest BCUT2D eigenvalue weighted by molar-refractivity contribution is 0.413. The number of nitrogens with one attached hydrogen (secondary N) is 1. The number of methoxy groups -OCH3 is 1. The van der Waals surface area contributed by atoms with Crippen LogP contribution >= 0.6 is 0 Å². The highest BCUT2D eigenvalue weighted by molar-refractivity contribution is 5.61. The van der Waals surface area contributed by atoms with Crippen LogP contribution in [0.25, 0.3) is 0 Å². The molecule has 1 fully saturated rings. The van der Waals surface area contributed by atoms with Gasteiger partial charge in [0.05, 0.1) is 7.11 Å². The highest BCUT2D eigenvalue weighted by Crippen LogP contribution is 2.32. The molecule has 0 aliphatic heterocycles. The molecule has 1 aliphatic carbocycles. The van der Waals surface area contributed by atoms with Gasteiger partial charge in [-0.2, -0.15) is 0 Å². The van der Waals surface area contributed by atoms with Gasteiger partial charge in [0.25, 0.3) is 0 Å². The van der Waals surface area contributed by atoms with Crippen molar-refractivity contribution in [1.82, 2.24) is 9.97 Å². The first-order valence-electron chi connectivity index (χ1n) is 5.63. The van der Waals surface area contributed by atoms with Gasteiger partial charge in [0.2, 0.25) is 5.75 Å². The number of rotatable bonds is 3. The third kappa shape index (κ3) is 2.03. The fourth-order valence-electron chi connectivity index (χ4n) is 2.23. The number of nitrogens with two attached hydrogens (primary N) is 1. The van der Waals surface area contributed by atoms with Gasteiger partial charge in [-0.1, -0.05) is 13.3 Å². The maximum absolute atomic E-state index is 5.72. The zero-order chi connectivity index (χ0) is 11.5. The first kappa shape index (κ1) is 11.0. The molecule has 0 radical (unpaired) electrons. The summed E-state index contributed by atoms with van der Waals surface area (Å²) in [5, 5.41) is 3.39. The normalized spacial score (nSPS) is 24.4. The molecule has 1 aliphatic rings. The van der Waals surface area contributed by atoms with Gasteiger partial charge in [-0.25, -0.2) is 9.97 Å². The monoisotopic (exact) mass is 222 g/mol. The second kappa shape index (κ2) is 4.55. The van der Waals surface area contributed by atoms with E-state index in [9.17, 15) is 0 Å². The Balaban J connectivity index is 2.17. The van der Waals surface area contributed by atoms with Crippen molar-refractivity contribution in [3.05, 3.63) is 6.33 Å². The van der Waals surface area contributed by atoms with Crippen LogP contribution in [0.4, 0.5) is 11.6 Å². The fourth-order valence-corrected chi connectivity index (χ4v) is 2.23. The molecule has 5 nitrogen and oxygen atoms in total. The lowest BCUT2D eigenvalue weighted by atomic mass is 10.1. The third-order valence-corrected chi connectivity index (χ3v) is 3.22. The molecule has 1 aromatic heterocycles. The molecular formula is C11H18N4O. The van der Waals surface area contributed by atoms with Crippen molar-refractivity contribution in [1.29, 1.82) is 0 Å². The number of nitrogens with zero attached hydrogens (tertiary/aromatic N) is 2. The van der Waals surface area contributed by atoms with E-state index in [4.69, 9.17) is 10.5 Å². The van der Waals surface area contributed by atoms with Crippen molar-refractivity contribution >= 4 is 11.6 Å². The Hall–Kier alpha value is -1.52. The van der Waals surface area contributed by atoms with Gasteiger partial charge in [-0.15, -0.1) is 0 Å². The minimum Gasteiger partial charge on any atom is -0.490 e. The molecule has 2 unspecified atom stereocenters. The Morgan fingerprint density at radius 2 is 2.25 bits per heavy atom. The Morgan fingerprint density at radius 3 is 2.88 bits per heavy atom. The molecule has 2 atom stereocenters. The van der Waals surface area contributed by atoms with Crippen LogP contribution in [0.1, 0.15) is 26.2 Å². The second-order valence-corrected chi connectivity index (χ2v) is 4.30. The molecule has 0 saturated heterocycles. The van der Waals surface area contributed by atoms with Crippen LogP contribution in [0.5, 0.6) is 5.75 Å². The average Bonchev–Trinajstić information content (AvgIpc) is 2.65. The molecular weight excluding hydrogens is 204 g/mol. The molecule has 88 valence electrons. The van der Waals surface area contributed by atoms with Crippen LogP contribution in [0.2, 0.25) is 0 Å². The van der Waals surface area contributed by atoms with E-state index in [2.05, 4.69) is 22.2 Å². The summed E-state index contributed by atoms with van der Waals surface area (Å²) in [6, 6.07) is 0.461. The predicted octanol–water partition coefficient (Wildman–Crippen LogP) is 1.67. The van der Waals surface area contributed by atoms with Crippen molar-refractivity contribution in [3.63, 3.8) is 0 Å². The average molecular weight is 222 g/mol. The first-order chi connectivity index (χ1) is 7.72. The van der Waals surface area contributed by atoms with Crippen LogP contribution < -0.4 is 15.8 Å². The summed E-state index contributed by atoms with van der Waals surface area (Å²) in [6.07, 6.45) is 5.16. The summed E-state index contributed by atoms with van der Waals surface area (Å²) in [5.41, 5.74) is 5.72. The SMILES string of the molecule is COc1c(N)ncnc1NC1CCCC1C. The van der Waals surface area contributed by atoms with Crippen molar-refractivity contribution < 1.29 is 4.74 Å². The molecule has 3 N–H and O–H groups in total. The number of anilines is 2. The largest absolute Gasteiger partial charge is 0.490 e. The van der Waals surface area contributed by atoms with Crippen molar-refractivity contribution in [2.75, 3.05) is 18.2 Å². The summed E-state index contributed by atoms with van der Waals surface area (Å²) in [5.74, 6) is 2.29. The molecule has 0 bridgehead atoms. The zero-order valence-corrected chi connectivity index (χ0v) is 9.73. The summed E-state index contributed by atoms with van der Waals surface area (Å²) in [7, 11) is 1.58. The van der Waals surface area contributed by atoms with Crippen molar-refractivity contribution in [3.8, 4) is 5.75 Å². The summed E-state index contributed by atoms with van der Waals surface area (Å²) in [6.45, 7) is 2.25. The lowest BCUT2D eigenvalue weighted by Gasteiger charge is -2.19. The third-order valence-electron chi connectivity index (χ3n) is 3.22. The van der Waals surface area contributed by atoms with E-state index >= 15 is 0 Å². The van der Waals surface area contributed by atoms with Crippen molar-refractivity contribution in [2.24, 2.45) is 5.92 Å². The van der Waals surface area contributed by atoms with Crippen LogP contribution in [0.3, 0.4) is 0 Å². The molecule has 2 rings (SSSR count). The number of aromatic nitrogens is 2. The summed E-state index contributed by atoms with van der Waals surface area (Å²) < 4.78 is 5.21. The zero-order valence-electron chi connectivity index (χ0n) is 9.73. The van der Waals surface area contributed by atoms with Crippen LogP contribution in [-0.2, 0) is 0 Å². The van der Waals surface area contributed by atoms with E-state index in [1.807, 2.05) is 0 Å². The molecule has 0 amide bonds. The maximum Gasteiger partial charge on any atom is 0.203 e. The number of hydrogen-bond donors (Lipinski definition) is 2. The van der Waals surface area contributed by atoms with Crippen LogP contribution in [0.15, 0.2) is 6.33 Å². The Morgan fingerprint density at radius 1 is 1.44 bits per heavy atom. The fraction of sp³-hybridized carbons (Fsp3) is 0.636. The molecule has 1 heterocycles. The number of nitrogen functional groups attached to an aromatic ring is 1. The summed E-state index contributed by atoms with van der Waals surface area (Å²) in [4.78, 5) is 8.09. The number of hydrogen-bond acceptors (Lipinski definition) is 5. The molecule has 16 heavy (non-hydrogen) atoms. The Bertz CT molecular complexity index is 369. The van der Waals surface area contributed by atoms with Crippen LogP contribution in [-0.4, -0.2) is 23.1 Å². The minimum absolute atomic E-state index is 0.380. The topological polar surface area (TPSA) is 73.1 Å². The van der Waals surface area contributed by atoms with E-state index < -0.39 is 0 Å². The summed E-state index contributed by atoms with van der Waals surface area (Å²) >= 11 is 0. The second-order valence-electron chi connectivity index (χ2n) is 4.30. The van der Waals surface area contributed by atoms with E-state index in [1.165, 1.54) is 25.6 Å². The van der Waals surface area contributed by atoms with Gasteiger partial charge in [0, 0.05) is 6.04 Å². The van der Waals surface area contributed by atoms with E-state index in [0.29, 0.717) is 29.3 Å². The van der Waals surface area contributed by atoms with Gasteiger partial charge in [-0.3, -0.25) is 0 Å². The van der Waals surface area contributed by atoms with Gasteiger partial charge >= 0.3 is 0 Å². The highest BCUT2D eigenvalue weighted by atomic mass is 16.5. The van der Waals surface area contributed by atoms with Crippen LogP contribution in [0, 0.1) is 5.92 Å². The quantitative estimate of drug-likeness (QED) is 0.813. The van der Waals surface area contributed by atoms with E-state index in [1.54, 1.807) is 7.11 Å².